The molecule has 0 unspecified atom stereocenters. The number of para-hydroxylation sites is 1. The van der Waals surface area contributed by atoms with E-state index in [4.69, 9.17) is 14.5 Å². The first-order valence-electron chi connectivity index (χ1n) is 13.4. The molecule has 6 nitrogen and oxygen atoms in total. The van der Waals surface area contributed by atoms with Crippen molar-refractivity contribution in [1.82, 2.24) is 9.80 Å². The van der Waals surface area contributed by atoms with Crippen molar-refractivity contribution in [2.75, 3.05) is 52.5 Å². The van der Waals surface area contributed by atoms with E-state index < -0.39 is 0 Å². The van der Waals surface area contributed by atoms with E-state index in [1.165, 1.54) is 34.6 Å². The molecule has 2 aliphatic rings. The van der Waals surface area contributed by atoms with Crippen LogP contribution in [-0.4, -0.2) is 74.1 Å². The summed E-state index contributed by atoms with van der Waals surface area (Å²) in [6.07, 6.45) is 6.22. The number of piperazine rings is 1. The normalized spacial score (nSPS) is 15.6. The summed E-state index contributed by atoms with van der Waals surface area (Å²) in [5, 5.41) is 0. The number of esters is 1. The van der Waals surface area contributed by atoms with E-state index in [1.807, 2.05) is 0 Å². The Balaban J connectivity index is 1.16. The number of hydrogen-bond donors (Lipinski definition) is 0. The Morgan fingerprint density at radius 2 is 1.64 bits per heavy atom. The molecule has 0 N–H and O–H groups in total. The molecule has 0 spiro atoms. The van der Waals surface area contributed by atoms with Crippen LogP contribution in [0.3, 0.4) is 0 Å². The predicted molar refractivity (Wildman–Crippen MR) is 146 cm³/mol. The van der Waals surface area contributed by atoms with Gasteiger partial charge in [0.25, 0.3) is 0 Å². The molecule has 0 amide bonds. The second-order valence-electron chi connectivity index (χ2n) is 9.33. The zero-order valence-electron chi connectivity index (χ0n) is 21.5. The number of hydrogen-bond acceptors (Lipinski definition) is 7. The number of unbranched alkanes of at least 4 members (excludes halogenated alkanes) is 4. The van der Waals surface area contributed by atoms with Gasteiger partial charge in [-0.25, -0.2) is 4.99 Å². The highest BCUT2D eigenvalue weighted by molar-refractivity contribution is 7.99. The molecule has 2 heterocycles. The average Bonchev–Trinajstić information content (AvgIpc) is 3.08. The van der Waals surface area contributed by atoms with E-state index in [0.29, 0.717) is 26.2 Å². The van der Waals surface area contributed by atoms with Gasteiger partial charge in [0, 0.05) is 54.5 Å². The number of amidine groups is 1. The van der Waals surface area contributed by atoms with E-state index in [-0.39, 0.29) is 5.97 Å². The standard InChI is InChI=1S/C29H39N3O3S/c1-2-3-4-5-6-15-28(33)35-23-22-34-21-20-31-16-18-32(19-17-31)29-24-11-7-9-13-26(24)36-27-14-10-8-12-25(27)30-29/h7-14H,2-6,15-23H2,1H3. The minimum atomic E-state index is -0.102. The number of carbonyl (C=O) groups is 1. The van der Waals surface area contributed by atoms with Gasteiger partial charge < -0.3 is 14.4 Å². The minimum Gasteiger partial charge on any atom is -0.463 e. The molecule has 0 atom stereocenters. The van der Waals surface area contributed by atoms with Gasteiger partial charge in [-0.3, -0.25) is 9.69 Å². The molecule has 4 rings (SSSR count). The maximum atomic E-state index is 11.8. The van der Waals surface area contributed by atoms with Crippen molar-refractivity contribution in [2.45, 2.75) is 55.2 Å². The third-order valence-corrected chi connectivity index (χ3v) is 7.78. The van der Waals surface area contributed by atoms with Crippen molar-refractivity contribution in [3.63, 3.8) is 0 Å². The fourth-order valence-electron chi connectivity index (χ4n) is 4.55. The van der Waals surface area contributed by atoms with Gasteiger partial charge in [0.15, 0.2) is 0 Å². The Morgan fingerprint density at radius 1 is 0.889 bits per heavy atom. The van der Waals surface area contributed by atoms with Crippen molar-refractivity contribution in [2.24, 2.45) is 4.99 Å². The first-order valence-corrected chi connectivity index (χ1v) is 14.2. The molecule has 0 aromatic heterocycles. The van der Waals surface area contributed by atoms with E-state index in [2.05, 4.69) is 65.3 Å². The first-order chi connectivity index (χ1) is 17.7. The Hall–Kier alpha value is -2.35. The first kappa shape index (κ1) is 26.7. The quantitative estimate of drug-likeness (QED) is 0.268. The molecule has 2 aromatic carbocycles. The topological polar surface area (TPSA) is 54.4 Å². The van der Waals surface area contributed by atoms with Gasteiger partial charge in [0.2, 0.25) is 0 Å². The van der Waals surface area contributed by atoms with Gasteiger partial charge in [0.1, 0.15) is 12.4 Å². The van der Waals surface area contributed by atoms with Crippen LogP contribution in [0, 0.1) is 0 Å². The maximum absolute atomic E-state index is 11.8. The molecular weight excluding hydrogens is 470 g/mol. The minimum absolute atomic E-state index is 0.102. The molecule has 194 valence electrons. The van der Waals surface area contributed by atoms with Crippen molar-refractivity contribution < 1.29 is 14.3 Å². The van der Waals surface area contributed by atoms with Crippen molar-refractivity contribution in [3.05, 3.63) is 54.1 Å². The molecule has 0 radical (unpaired) electrons. The lowest BCUT2D eigenvalue weighted by molar-refractivity contribution is -0.145. The fraction of sp³-hybridized carbons (Fsp3) is 0.517. The van der Waals surface area contributed by atoms with Gasteiger partial charge in [-0.2, -0.15) is 0 Å². The highest BCUT2D eigenvalue weighted by atomic mass is 32.2. The lowest BCUT2D eigenvalue weighted by atomic mass is 10.1. The van der Waals surface area contributed by atoms with Crippen LogP contribution in [0.2, 0.25) is 0 Å². The number of aliphatic imine (C=N–C) groups is 1. The predicted octanol–water partition coefficient (Wildman–Crippen LogP) is 5.77. The highest BCUT2D eigenvalue weighted by Crippen LogP contribution is 2.40. The second-order valence-corrected chi connectivity index (χ2v) is 10.4. The Kier molecular flexibility index (Phi) is 10.7. The molecule has 1 fully saturated rings. The van der Waals surface area contributed by atoms with Crippen LogP contribution < -0.4 is 0 Å². The zero-order chi connectivity index (χ0) is 25.0. The molecule has 0 saturated carbocycles. The molecule has 0 bridgehead atoms. The fourth-order valence-corrected chi connectivity index (χ4v) is 5.57. The van der Waals surface area contributed by atoms with Gasteiger partial charge in [-0.1, -0.05) is 74.7 Å². The summed E-state index contributed by atoms with van der Waals surface area (Å²) in [6.45, 7) is 8.39. The molecule has 0 aliphatic carbocycles. The lowest BCUT2D eigenvalue weighted by Crippen LogP contribution is -2.49. The van der Waals surface area contributed by atoms with Crippen LogP contribution in [0.25, 0.3) is 0 Å². The van der Waals surface area contributed by atoms with Crippen LogP contribution >= 0.6 is 11.8 Å². The highest BCUT2D eigenvalue weighted by Gasteiger charge is 2.25. The van der Waals surface area contributed by atoms with E-state index in [0.717, 1.165) is 57.1 Å². The Morgan fingerprint density at radius 3 is 2.47 bits per heavy atom. The van der Waals surface area contributed by atoms with Crippen LogP contribution in [-0.2, 0) is 14.3 Å². The summed E-state index contributed by atoms with van der Waals surface area (Å²) in [5.74, 6) is 0.973. The monoisotopic (exact) mass is 509 g/mol. The van der Waals surface area contributed by atoms with Crippen molar-refractivity contribution in [3.8, 4) is 0 Å². The summed E-state index contributed by atoms with van der Waals surface area (Å²) >= 11 is 1.80. The van der Waals surface area contributed by atoms with Crippen LogP contribution in [0.1, 0.15) is 51.0 Å². The number of ether oxygens (including phenoxy) is 2. The second kappa shape index (κ2) is 14.4. The summed E-state index contributed by atoms with van der Waals surface area (Å²) in [7, 11) is 0. The largest absolute Gasteiger partial charge is 0.463 e. The van der Waals surface area contributed by atoms with Gasteiger partial charge in [-0.05, 0) is 24.6 Å². The molecule has 36 heavy (non-hydrogen) atoms. The van der Waals surface area contributed by atoms with Gasteiger partial charge in [0.05, 0.1) is 18.9 Å². The zero-order valence-corrected chi connectivity index (χ0v) is 22.3. The number of carbonyl (C=O) groups excluding carboxylic acids is 1. The van der Waals surface area contributed by atoms with Crippen molar-refractivity contribution in [1.29, 1.82) is 0 Å². The maximum Gasteiger partial charge on any atom is 0.305 e. The Bertz CT molecular complexity index is 1000. The summed E-state index contributed by atoms with van der Waals surface area (Å²) < 4.78 is 11.0. The number of nitrogens with zero attached hydrogens (tertiary/aromatic N) is 3. The number of rotatable bonds is 12. The SMILES string of the molecule is CCCCCCCC(=O)OCCOCCN1CCN(C2=Nc3ccccc3Sc3ccccc32)CC1. The third kappa shape index (κ3) is 7.82. The van der Waals surface area contributed by atoms with Crippen LogP contribution in [0.15, 0.2) is 63.3 Å². The third-order valence-electron chi connectivity index (χ3n) is 6.64. The summed E-state index contributed by atoms with van der Waals surface area (Å²) in [5.41, 5.74) is 2.26. The average molecular weight is 510 g/mol. The molecule has 2 aliphatic heterocycles. The molecule has 1 saturated heterocycles. The Labute approximate surface area is 220 Å². The summed E-state index contributed by atoms with van der Waals surface area (Å²) in [4.78, 5) is 24.2. The van der Waals surface area contributed by atoms with Crippen LogP contribution in [0.4, 0.5) is 5.69 Å². The van der Waals surface area contributed by atoms with Gasteiger partial charge >= 0.3 is 5.97 Å². The van der Waals surface area contributed by atoms with E-state index >= 15 is 0 Å². The summed E-state index contributed by atoms with van der Waals surface area (Å²) in [6, 6.07) is 17.0. The van der Waals surface area contributed by atoms with E-state index in [9.17, 15) is 4.79 Å². The smallest absolute Gasteiger partial charge is 0.305 e. The van der Waals surface area contributed by atoms with Crippen molar-refractivity contribution >= 4 is 29.3 Å². The van der Waals surface area contributed by atoms with Gasteiger partial charge in [-0.15, -0.1) is 0 Å². The number of benzene rings is 2. The van der Waals surface area contributed by atoms with Crippen LogP contribution in [0.5, 0.6) is 0 Å². The lowest BCUT2D eigenvalue weighted by Gasteiger charge is -2.36. The van der Waals surface area contributed by atoms with E-state index in [1.54, 1.807) is 11.8 Å². The molecule has 2 aromatic rings. The molecule has 7 heteroatoms. The molecular formula is C29H39N3O3S. The number of fused-ring (bicyclic) bond motifs is 2.